The summed E-state index contributed by atoms with van der Waals surface area (Å²) >= 11 is 0. The van der Waals surface area contributed by atoms with Gasteiger partial charge in [0.05, 0.1) is 6.26 Å². The zero-order valence-electron chi connectivity index (χ0n) is 10.2. The van der Waals surface area contributed by atoms with Crippen molar-refractivity contribution in [1.82, 2.24) is 4.98 Å². The van der Waals surface area contributed by atoms with Gasteiger partial charge in [-0.25, -0.2) is 8.42 Å². The maximum atomic E-state index is 11.2. The van der Waals surface area contributed by atoms with Crippen LogP contribution >= 0.6 is 0 Å². The molecule has 1 aromatic heterocycles. The molecule has 94 valence electrons. The van der Waals surface area contributed by atoms with Gasteiger partial charge in [-0.1, -0.05) is 12.1 Å². The summed E-state index contributed by atoms with van der Waals surface area (Å²) in [5.74, 6) is 0. The van der Waals surface area contributed by atoms with E-state index in [9.17, 15) is 8.42 Å². The van der Waals surface area contributed by atoms with Crippen LogP contribution in [-0.4, -0.2) is 19.7 Å². The smallest absolute Gasteiger partial charge is 0.229 e. The van der Waals surface area contributed by atoms with E-state index in [0.717, 1.165) is 22.9 Å². The van der Waals surface area contributed by atoms with E-state index in [-0.39, 0.29) is 0 Å². The highest BCUT2D eigenvalue weighted by Crippen LogP contribution is 2.22. The molecule has 1 heterocycles. The van der Waals surface area contributed by atoms with Crippen molar-refractivity contribution < 1.29 is 8.42 Å². The van der Waals surface area contributed by atoms with Gasteiger partial charge in [0.2, 0.25) is 10.0 Å². The van der Waals surface area contributed by atoms with E-state index < -0.39 is 10.0 Å². The largest absolute Gasteiger partial charge is 0.284 e. The molecule has 0 radical (unpaired) electrons. The topological polar surface area (TPSA) is 59.1 Å². The van der Waals surface area contributed by atoms with Crippen LogP contribution in [0.15, 0.2) is 42.7 Å². The molecule has 1 N–H and O–H groups in total. The lowest BCUT2D eigenvalue weighted by Crippen LogP contribution is -2.09. The number of anilines is 1. The number of rotatable bonds is 3. The number of benzene rings is 1. The van der Waals surface area contributed by atoms with Gasteiger partial charge in [0.1, 0.15) is 0 Å². The molecule has 0 aliphatic rings. The average Bonchev–Trinajstić information content (AvgIpc) is 2.27. The second kappa shape index (κ2) is 4.78. The molecule has 5 heteroatoms. The number of hydrogen-bond donors (Lipinski definition) is 1. The molecular weight excluding hydrogens is 248 g/mol. The van der Waals surface area contributed by atoms with Gasteiger partial charge in [-0.2, -0.15) is 0 Å². The summed E-state index contributed by atoms with van der Waals surface area (Å²) in [6, 6.07) is 9.24. The Labute approximate surface area is 107 Å². The standard InChI is InChI=1S/C13H14N2O2S/c1-10-6-12(9-14-8-10)11-4-3-5-13(7-11)15-18(2,16)17/h3-9,15H,1-2H3. The first-order valence-electron chi connectivity index (χ1n) is 5.44. The predicted octanol–water partition coefficient (Wildman–Crippen LogP) is 2.43. The van der Waals surface area contributed by atoms with Crippen molar-refractivity contribution in [2.75, 3.05) is 11.0 Å². The van der Waals surface area contributed by atoms with E-state index in [1.54, 1.807) is 24.5 Å². The molecule has 4 nitrogen and oxygen atoms in total. The quantitative estimate of drug-likeness (QED) is 0.924. The monoisotopic (exact) mass is 262 g/mol. The number of sulfonamides is 1. The van der Waals surface area contributed by atoms with Crippen molar-refractivity contribution in [2.24, 2.45) is 0 Å². The molecule has 0 spiro atoms. The van der Waals surface area contributed by atoms with Crippen molar-refractivity contribution in [3.8, 4) is 11.1 Å². The maximum absolute atomic E-state index is 11.2. The fraction of sp³-hybridized carbons (Fsp3) is 0.154. The van der Waals surface area contributed by atoms with Crippen LogP contribution in [0.3, 0.4) is 0 Å². The van der Waals surface area contributed by atoms with Gasteiger partial charge >= 0.3 is 0 Å². The summed E-state index contributed by atoms with van der Waals surface area (Å²) < 4.78 is 24.8. The van der Waals surface area contributed by atoms with E-state index in [0.29, 0.717) is 5.69 Å². The minimum Gasteiger partial charge on any atom is -0.284 e. The lowest BCUT2D eigenvalue weighted by atomic mass is 10.1. The van der Waals surface area contributed by atoms with Gasteiger partial charge in [0.25, 0.3) is 0 Å². The average molecular weight is 262 g/mol. The molecule has 0 bridgehead atoms. The zero-order valence-corrected chi connectivity index (χ0v) is 11.0. The first kappa shape index (κ1) is 12.6. The molecule has 1 aromatic carbocycles. The fourth-order valence-corrected chi connectivity index (χ4v) is 2.24. The Kier molecular flexibility index (Phi) is 3.34. The highest BCUT2D eigenvalue weighted by Gasteiger charge is 2.04. The second-order valence-electron chi connectivity index (χ2n) is 4.21. The fourth-order valence-electron chi connectivity index (χ4n) is 1.69. The number of aromatic nitrogens is 1. The summed E-state index contributed by atoms with van der Waals surface area (Å²) in [6.45, 7) is 1.97. The third-order valence-electron chi connectivity index (χ3n) is 2.37. The zero-order chi connectivity index (χ0) is 13.2. The summed E-state index contributed by atoms with van der Waals surface area (Å²) in [5.41, 5.74) is 3.51. The molecule has 0 aliphatic carbocycles. The summed E-state index contributed by atoms with van der Waals surface area (Å²) in [4.78, 5) is 4.13. The van der Waals surface area contributed by atoms with Crippen molar-refractivity contribution in [3.05, 3.63) is 48.3 Å². The van der Waals surface area contributed by atoms with Gasteiger partial charge in [0, 0.05) is 23.6 Å². The van der Waals surface area contributed by atoms with E-state index >= 15 is 0 Å². The van der Waals surface area contributed by atoms with Crippen LogP contribution in [0, 0.1) is 6.92 Å². The molecule has 2 aromatic rings. The molecule has 0 saturated heterocycles. The number of nitrogens with one attached hydrogen (secondary N) is 1. The third kappa shape index (κ3) is 3.30. The van der Waals surface area contributed by atoms with Gasteiger partial charge < -0.3 is 0 Å². The second-order valence-corrected chi connectivity index (χ2v) is 5.95. The molecule has 0 aliphatic heterocycles. The molecule has 0 unspecified atom stereocenters. The van der Waals surface area contributed by atoms with Crippen LogP contribution in [0.1, 0.15) is 5.56 Å². The Hall–Kier alpha value is -1.88. The van der Waals surface area contributed by atoms with Crippen LogP contribution < -0.4 is 4.72 Å². The minimum atomic E-state index is -3.25. The molecule has 0 atom stereocenters. The van der Waals surface area contributed by atoms with Crippen molar-refractivity contribution >= 4 is 15.7 Å². The van der Waals surface area contributed by atoms with Crippen LogP contribution in [0.2, 0.25) is 0 Å². The molecule has 0 amide bonds. The molecular formula is C13H14N2O2S. The Morgan fingerprint density at radius 1 is 1.11 bits per heavy atom. The Morgan fingerprint density at radius 3 is 2.56 bits per heavy atom. The van der Waals surface area contributed by atoms with Crippen molar-refractivity contribution in [2.45, 2.75) is 6.92 Å². The van der Waals surface area contributed by atoms with Crippen LogP contribution in [0.4, 0.5) is 5.69 Å². The van der Waals surface area contributed by atoms with Crippen LogP contribution in [0.5, 0.6) is 0 Å². The van der Waals surface area contributed by atoms with Gasteiger partial charge in [-0.05, 0) is 36.2 Å². The molecule has 18 heavy (non-hydrogen) atoms. The molecule has 0 saturated carbocycles. The van der Waals surface area contributed by atoms with E-state index in [1.165, 1.54) is 0 Å². The van der Waals surface area contributed by atoms with E-state index in [2.05, 4.69) is 9.71 Å². The maximum Gasteiger partial charge on any atom is 0.229 e. The SMILES string of the molecule is Cc1cncc(-c2cccc(NS(C)(=O)=O)c2)c1. The minimum absolute atomic E-state index is 0.552. The summed E-state index contributed by atoms with van der Waals surface area (Å²) in [6.07, 6.45) is 4.67. The highest BCUT2D eigenvalue weighted by atomic mass is 32.2. The lowest BCUT2D eigenvalue weighted by Gasteiger charge is -2.07. The number of pyridine rings is 1. The van der Waals surface area contributed by atoms with Crippen molar-refractivity contribution in [1.29, 1.82) is 0 Å². The molecule has 0 fully saturated rings. The third-order valence-corrected chi connectivity index (χ3v) is 2.98. The summed E-state index contributed by atoms with van der Waals surface area (Å²) in [5, 5.41) is 0. The van der Waals surface area contributed by atoms with Gasteiger partial charge in [-0.3, -0.25) is 9.71 Å². The van der Waals surface area contributed by atoms with E-state index in [4.69, 9.17) is 0 Å². The predicted molar refractivity (Wildman–Crippen MR) is 72.9 cm³/mol. The Morgan fingerprint density at radius 2 is 1.89 bits per heavy atom. The van der Waals surface area contributed by atoms with Gasteiger partial charge in [0.15, 0.2) is 0 Å². The van der Waals surface area contributed by atoms with Crippen LogP contribution in [0.25, 0.3) is 11.1 Å². The Bertz CT molecular complexity index is 666. The first-order valence-corrected chi connectivity index (χ1v) is 7.33. The summed E-state index contributed by atoms with van der Waals surface area (Å²) in [7, 11) is -3.25. The Balaban J connectivity index is 2.38. The normalized spacial score (nSPS) is 11.2. The van der Waals surface area contributed by atoms with Crippen molar-refractivity contribution in [3.63, 3.8) is 0 Å². The van der Waals surface area contributed by atoms with Gasteiger partial charge in [-0.15, -0.1) is 0 Å². The van der Waals surface area contributed by atoms with Crippen LogP contribution in [-0.2, 0) is 10.0 Å². The molecule has 2 rings (SSSR count). The first-order chi connectivity index (χ1) is 8.44. The number of hydrogen-bond acceptors (Lipinski definition) is 3. The van der Waals surface area contributed by atoms with E-state index in [1.807, 2.05) is 25.1 Å². The number of aryl methyl sites for hydroxylation is 1. The lowest BCUT2D eigenvalue weighted by molar-refractivity contribution is 0.607. The highest BCUT2D eigenvalue weighted by molar-refractivity contribution is 7.92. The number of nitrogens with zero attached hydrogens (tertiary/aromatic N) is 1.